The van der Waals surface area contributed by atoms with Gasteiger partial charge in [-0.05, 0) is 43.9 Å². The normalized spacial score (nSPS) is 17.6. The number of ketones is 1. The first-order chi connectivity index (χ1) is 36.3. The van der Waals surface area contributed by atoms with Gasteiger partial charge in [0.25, 0.3) is 0 Å². The maximum absolute atomic E-state index is 12.8. The minimum absolute atomic E-state index is 0.261. The highest BCUT2D eigenvalue weighted by atomic mass is 28.4. The van der Waals surface area contributed by atoms with Crippen LogP contribution in [-0.2, 0) is 84.5 Å². The van der Waals surface area contributed by atoms with Gasteiger partial charge in [-0.15, -0.1) is 0 Å². The second-order valence-electron chi connectivity index (χ2n) is 21.1. The van der Waals surface area contributed by atoms with E-state index in [1.807, 2.05) is 0 Å². The van der Waals surface area contributed by atoms with E-state index in [0.717, 1.165) is 143 Å². The van der Waals surface area contributed by atoms with Gasteiger partial charge in [-0.3, -0.25) is 0 Å². The van der Waals surface area contributed by atoms with E-state index >= 15 is 0 Å². The molecule has 0 aromatic heterocycles. The van der Waals surface area contributed by atoms with Crippen LogP contribution in [0.25, 0.3) is 0 Å². The van der Waals surface area contributed by atoms with E-state index in [-0.39, 0.29) is 5.78 Å². The van der Waals surface area contributed by atoms with Crippen LogP contribution in [0.15, 0.2) is 0 Å². The Hall–Kier alpha value is 0.685. The molecular formula is C49H112O19Si8. The van der Waals surface area contributed by atoms with Crippen LogP contribution in [0.1, 0.15) is 84.0 Å². The zero-order chi connectivity index (χ0) is 57.4. The van der Waals surface area contributed by atoms with Crippen molar-refractivity contribution in [3.05, 3.63) is 0 Å². The zero-order valence-electron chi connectivity index (χ0n) is 51.4. The molecule has 19 nitrogen and oxygen atoms in total. The second-order valence-corrected chi connectivity index (χ2v) is 49.6. The second kappa shape index (κ2) is 38.5. The van der Waals surface area contributed by atoms with Crippen molar-refractivity contribution in [3.63, 3.8) is 0 Å². The third kappa shape index (κ3) is 23.4. The van der Waals surface area contributed by atoms with Gasteiger partial charge in [0.2, 0.25) is 0 Å². The summed E-state index contributed by atoms with van der Waals surface area (Å²) in [5, 5.41) is 0. The van der Waals surface area contributed by atoms with Crippen molar-refractivity contribution in [2.45, 2.75) is 169 Å². The van der Waals surface area contributed by atoms with E-state index in [9.17, 15) is 4.79 Å². The van der Waals surface area contributed by atoms with E-state index in [2.05, 4.69) is 0 Å². The highest BCUT2D eigenvalue weighted by Gasteiger charge is 2.47. The number of hydrogen-bond acceptors (Lipinski definition) is 19. The molecule has 1 rings (SSSR count). The van der Waals surface area contributed by atoms with Crippen molar-refractivity contribution < 1.29 is 84.5 Å². The Balaban J connectivity index is 3.89. The largest absolute Gasteiger partial charge is 0.500 e. The van der Waals surface area contributed by atoms with Gasteiger partial charge in [-0.2, -0.15) is 0 Å². The van der Waals surface area contributed by atoms with E-state index in [0.29, 0.717) is 24.2 Å². The summed E-state index contributed by atoms with van der Waals surface area (Å²) in [5.74, 6) is 1.80. The Kier molecular flexibility index (Phi) is 37.9. The fraction of sp³-hybridized carbons (Fsp3) is 0.980. The first-order valence-corrected chi connectivity index (χ1v) is 45.0. The van der Waals surface area contributed by atoms with E-state index < -0.39 is 69.0 Å². The number of hydrogen-bond donors (Lipinski definition) is 0. The molecular weight excluding hydrogens is 1120 g/mol. The third-order valence-electron chi connectivity index (χ3n) is 17.7. The number of carbonyl (C=O) groups is 1. The lowest BCUT2D eigenvalue weighted by atomic mass is 9.89. The molecule has 1 aliphatic rings. The molecule has 0 heterocycles. The van der Waals surface area contributed by atoms with Crippen LogP contribution in [0.4, 0.5) is 0 Å². The molecule has 0 aliphatic heterocycles. The highest BCUT2D eigenvalue weighted by Crippen LogP contribution is 2.48. The van der Waals surface area contributed by atoms with Crippen molar-refractivity contribution in [2.24, 2.45) is 17.8 Å². The van der Waals surface area contributed by atoms with Crippen LogP contribution in [0.3, 0.4) is 0 Å². The third-order valence-corrected chi connectivity index (χ3v) is 45.8. The van der Waals surface area contributed by atoms with Gasteiger partial charge in [-0.1, -0.05) is 99.7 Å². The molecule has 3 atom stereocenters. The average molecular weight is 1230 g/mol. The first kappa shape index (κ1) is 74.7. The lowest BCUT2D eigenvalue weighted by Crippen LogP contribution is -2.45. The summed E-state index contributed by atoms with van der Waals surface area (Å²) in [6, 6.07) is 13.4. The highest BCUT2D eigenvalue weighted by molar-refractivity contribution is 6.81. The number of rotatable bonds is 51. The zero-order valence-corrected chi connectivity index (χ0v) is 59.4. The molecule has 27 heteroatoms. The van der Waals surface area contributed by atoms with Crippen LogP contribution in [0.5, 0.6) is 0 Å². The molecule has 0 spiro atoms. The summed E-state index contributed by atoms with van der Waals surface area (Å²) >= 11 is 0. The Morgan fingerprint density at radius 2 is 0.487 bits per heavy atom. The molecule has 0 N–H and O–H groups in total. The molecule has 0 amide bonds. The average Bonchev–Trinajstić information content (AvgIpc) is 3.86. The summed E-state index contributed by atoms with van der Waals surface area (Å²) in [4.78, 5) is 12.8. The molecule has 0 radical (unpaired) electrons. The fourth-order valence-corrected chi connectivity index (χ4v) is 35.6. The lowest BCUT2D eigenvalue weighted by molar-refractivity contribution is -0.117. The summed E-state index contributed by atoms with van der Waals surface area (Å²) in [6.07, 6.45) is 11.8. The maximum atomic E-state index is 12.8. The Bertz CT molecular complexity index is 1310. The van der Waals surface area contributed by atoms with Crippen molar-refractivity contribution >= 4 is 74.8 Å². The van der Waals surface area contributed by atoms with Crippen LogP contribution in [-0.4, -0.2) is 203 Å². The number of carbonyl (C=O) groups excluding carboxylic acids is 1. The molecule has 0 saturated heterocycles. The maximum Gasteiger partial charge on any atom is 0.500 e. The molecule has 0 bridgehead atoms. The smallest absolute Gasteiger partial charge is 0.377 e. The van der Waals surface area contributed by atoms with Crippen LogP contribution in [0.2, 0.25) is 84.6 Å². The quantitative estimate of drug-likeness (QED) is 0.0524. The molecule has 3 unspecified atom stereocenters. The molecule has 1 aliphatic carbocycles. The SMILES string of the molecule is CO[Si](CCC[Si](CCC[Si](OC)(OC)OC)(CCC[Si](OC)(OC)OC)CCC1CC(CCC(C)=O)C(CC[Si](CCC[Si](OC)(OC)OC)(CCC[Si](OC)(OC)OC)CCC[Si](OC)(OC)OC)C1)(OC)OC. The van der Waals surface area contributed by atoms with Gasteiger partial charge in [-0.25, -0.2) is 0 Å². The van der Waals surface area contributed by atoms with E-state index in [4.69, 9.17) is 79.7 Å². The fourth-order valence-electron chi connectivity index (χ4n) is 12.6. The summed E-state index contributed by atoms with van der Waals surface area (Å²) in [6.45, 7) is 1.74. The Morgan fingerprint density at radius 1 is 0.289 bits per heavy atom. The molecule has 76 heavy (non-hydrogen) atoms. The van der Waals surface area contributed by atoms with Crippen LogP contribution in [0, 0.1) is 17.8 Å². The van der Waals surface area contributed by atoms with Gasteiger partial charge in [0.15, 0.2) is 0 Å². The standard InChI is InChI=1S/C49H112O19Si8/c1-46(50)26-27-48-44-47(28-42-69(30-20-36-71(51-2,52-3)53-4,31-21-37-72(54-5,55-6)56-7)32-22-38-73(57-8,58-9)59-10)45-49(48)29-43-70(33-23-39-74(60-11,61-12)62-13,34-24-40-75(63-14,64-15)65-16)35-25-41-76(66-17,67-18)68-19/h47-49H,20-45H2,1-19H3. The minimum Gasteiger partial charge on any atom is -0.377 e. The van der Waals surface area contributed by atoms with Crippen LogP contribution < -0.4 is 0 Å². The van der Waals surface area contributed by atoms with Gasteiger partial charge in [0.05, 0.1) is 16.1 Å². The van der Waals surface area contributed by atoms with Crippen molar-refractivity contribution in [3.8, 4) is 0 Å². The monoisotopic (exact) mass is 1230 g/mol. The van der Waals surface area contributed by atoms with E-state index in [1.165, 1.54) is 12.1 Å². The Morgan fingerprint density at radius 3 is 0.684 bits per heavy atom. The molecule has 0 aromatic rings. The van der Waals surface area contributed by atoms with Crippen molar-refractivity contribution in [1.82, 2.24) is 0 Å². The Labute approximate surface area is 471 Å². The molecule has 454 valence electrons. The van der Waals surface area contributed by atoms with Gasteiger partial charge < -0.3 is 84.5 Å². The van der Waals surface area contributed by atoms with Gasteiger partial charge in [0, 0.05) is 171 Å². The number of Topliss-reactive ketones (excluding diaryl/α,β-unsaturated/α-hetero) is 1. The van der Waals surface area contributed by atoms with Crippen molar-refractivity contribution in [2.75, 3.05) is 128 Å². The van der Waals surface area contributed by atoms with Crippen molar-refractivity contribution in [1.29, 1.82) is 0 Å². The summed E-state index contributed by atoms with van der Waals surface area (Å²) in [5.41, 5.74) is 0. The summed E-state index contributed by atoms with van der Waals surface area (Å²) < 4.78 is 107. The first-order valence-electron chi connectivity index (χ1n) is 27.7. The van der Waals surface area contributed by atoms with Crippen LogP contribution >= 0.6 is 0 Å². The predicted octanol–water partition coefficient (Wildman–Crippen LogP) is 10.3. The predicted molar refractivity (Wildman–Crippen MR) is 316 cm³/mol. The topological polar surface area (TPSA) is 183 Å². The summed E-state index contributed by atoms with van der Waals surface area (Å²) in [7, 11) is 9.48. The van der Waals surface area contributed by atoms with Gasteiger partial charge in [0.1, 0.15) is 5.78 Å². The van der Waals surface area contributed by atoms with E-state index in [1.54, 1.807) is 135 Å². The molecule has 1 fully saturated rings. The van der Waals surface area contributed by atoms with Gasteiger partial charge >= 0.3 is 52.8 Å². The minimum atomic E-state index is -2.82. The molecule has 0 aromatic carbocycles. The lowest BCUT2D eigenvalue weighted by Gasteiger charge is -2.36. The molecule has 1 saturated carbocycles.